The molecule has 0 aromatic rings. The molecule has 84 valence electrons. The highest BCUT2D eigenvalue weighted by molar-refractivity contribution is 7.89. The monoisotopic (exact) mass is 228 g/mol. The minimum atomic E-state index is -4.40. The maximum Gasteiger partial charge on any atom is 0.350 e. The number of nitrogens with zero attached hydrogens (tertiary/aromatic N) is 1. The van der Waals surface area contributed by atoms with E-state index in [2.05, 4.69) is 5.32 Å². The molecular weight excluding hydrogens is 214 g/mol. The highest BCUT2D eigenvalue weighted by Gasteiger charge is 2.31. The van der Waals surface area contributed by atoms with Gasteiger partial charge in [0, 0.05) is 19.6 Å². The van der Waals surface area contributed by atoms with Gasteiger partial charge in [0.1, 0.15) is 0 Å². The molecule has 0 amide bonds. The summed E-state index contributed by atoms with van der Waals surface area (Å²) in [6.45, 7) is 0.944. The number of hydrogen-bond donors (Lipinski definition) is 1. The predicted octanol–water partition coefficient (Wildman–Crippen LogP) is 0.223. The Kier molecular flexibility index (Phi) is 3.79. The predicted molar refractivity (Wildman–Crippen MR) is 48.6 cm³/mol. The quantitative estimate of drug-likeness (QED) is 0.749. The lowest BCUT2D eigenvalue weighted by Gasteiger charge is -2.20. The molecule has 1 rings (SSSR count). The first-order valence-corrected chi connectivity index (χ1v) is 5.91. The van der Waals surface area contributed by atoms with Crippen molar-refractivity contribution in [2.75, 3.05) is 20.1 Å². The van der Waals surface area contributed by atoms with E-state index in [9.17, 15) is 17.2 Å². The lowest BCUT2D eigenvalue weighted by atomic mass is 10.2. The summed E-state index contributed by atoms with van der Waals surface area (Å²) in [4.78, 5) is 0. The van der Waals surface area contributed by atoms with Crippen LogP contribution in [0, 0.1) is 0 Å². The zero-order chi connectivity index (χ0) is 10.8. The molecule has 0 spiro atoms. The van der Waals surface area contributed by atoms with Crippen molar-refractivity contribution in [1.29, 1.82) is 0 Å². The maximum atomic E-state index is 12.1. The molecule has 0 aliphatic carbocycles. The van der Waals surface area contributed by atoms with Gasteiger partial charge in [0.15, 0.2) is 0 Å². The molecule has 1 unspecified atom stereocenters. The Labute approximate surface area is 82.3 Å². The lowest BCUT2D eigenvalue weighted by molar-refractivity contribution is 0.221. The molecule has 14 heavy (non-hydrogen) atoms. The van der Waals surface area contributed by atoms with Crippen molar-refractivity contribution in [2.24, 2.45) is 0 Å². The molecule has 1 fully saturated rings. The average Bonchev–Trinajstić information content (AvgIpc) is 2.56. The number of rotatable bonds is 4. The van der Waals surface area contributed by atoms with Crippen molar-refractivity contribution in [3.05, 3.63) is 0 Å². The van der Waals surface area contributed by atoms with E-state index in [4.69, 9.17) is 0 Å². The van der Waals surface area contributed by atoms with Crippen LogP contribution in [0.4, 0.5) is 8.78 Å². The first kappa shape index (κ1) is 11.8. The van der Waals surface area contributed by atoms with Crippen LogP contribution in [-0.4, -0.2) is 44.7 Å². The van der Waals surface area contributed by atoms with Crippen LogP contribution in [0.1, 0.15) is 12.8 Å². The summed E-state index contributed by atoms with van der Waals surface area (Å²) >= 11 is 0. The molecule has 1 aliphatic rings. The van der Waals surface area contributed by atoms with E-state index in [1.165, 1.54) is 7.05 Å². The number of nitrogens with one attached hydrogen (secondary N) is 1. The fourth-order valence-corrected chi connectivity index (χ4v) is 2.12. The van der Waals surface area contributed by atoms with Gasteiger partial charge < -0.3 is 5.32 Å². The van der Waals surface area contributed by atoms with Gasteiger partial charge in [-0.3, -0.25) is 0 Å². The largest absolute Gasteiger partial charge is 0.350 e. The second-order valence-electron chi connectivity index (χ2n) is 3.38. The summed E-state index contributed by atoms with van der Waals surface area (Å²) in [5.41, 5.74) is 0. The van der Waals surface area contributed by atoms with Gasteiger partial charge in [0.2, 0.25) is 0 Å². The summed E-state index contributed by atoms with van der Waals surface area (Å²) in [6.07, 6.45) is 1.80. The zero-order valence-corrected chi connectivity index (χ0v) is 8.73. The van der Waals surface area contributed by atoms with Crippen LogP contribution in [0.5, 0.6) is 0 Å². The first-order valence-electron chi connectivity index (χ1n) is 4.41. The number of alkyl halides is 2. The fraction of sp³-hybridized carbons (Fsp3) is 1.00. The average molecular weight is 228 g/mol. The normalized spacial score (nSPS) is 23.6. The third-order valence-corrected chi connectivity index (χ3v) is 3.77. The highest BCUT2D eigenvalue weighted by atomic mass is 32.2. The number of sulfonamides is 1. The standard InChI is InChI=1S/C7H14F2N2O2S/c1-11(14(12,13)7(8)9)5-6-3-2-4-10-6/h6-7,10H,2-5H2,1H3. The number of hydrogen-bond acceptors (Lipinski definition) is 3. The Hall–Kier alpha value is -0.270. The Balaban J connectivity index is 2.52. The molecule has 0 aromatic heterocycles. The topological polar surface area (TPSA) is 49.4 Å². The highest BCUT2D eigenvalue weighted by Crippen LogP contribution is 2.13. The molecule has 1 saturated heterocycles. The van der Waals surface area contributed by atoms with E-state index in [-0.39, 0.29) is 12.6 Å². The summed E-state index contributed by atoms with van der Waals surface area (Å²) in [7, 11) is -3.22. The molecule has 0 radical (unpaired) electrons. The summed E-state index contributed by atoms with van der Waals surface area (Å²) < 4.78 is 46.8. The van der Waals surface area contributed by atoms with Crippen LogP contribution >= 0.6 is 0 Å². The van der Waals surface area contributed by atoms with Crippen LogP contribution in [0.2, 0.25) is 0 Å². The molecule has 1 atom stereocenters. The molecule has 0 saturated carbocycles. The molecule has 1 heterocycles. The van der Waals surface area contributed by atoms with Crippen molar-refractivity contribution < 1.29 is 17.2 Å². The van der Waals surface area contributed by atoms with E-state index < -0.39 is 15.8 Å². The van der Waals surface area contributed by atoms with Gasteiger partial charge >= 0.3 is 5.76 Å². The minimum absolute atomic E-state index is 0.00789. The Morgan fingerprint density at radius 3 is 2.64 bits per heavy atom. The second-order valence-corrected chi connectivity index (χ2v) is 5.39. The van der Waals surface area contributed by atoms with Gasteiger partial charge in [-0.1, -0.05) is 0 Å². The first-order chi connectivity index (χ1) is 6.44. The third-order valence-electron chi connectivity index (χ3n) is 2.30. The van der Waals surface area contributed by atoms with Crippen LogP contribution in [-0.2, 0) is 10.0 Å². The lowest BCUT2D eigenvalue weighted by Crippen LogP contribution is -2.40. The van der Waals surface area contributed by atoms with Gasteiger partial charge in [-0.25, -0.2) is 8.42 Å². The van der Waals surface area contributed by atoms with Crippen LogP contribution in [0.25, 0.3) is 0 Å². The molecule has 0 aromatic carbocycles. The molecule has 0 bridgehead atoms. The van der Waals surface area contributed by atoms with Crippen molar-refractivity contribution in [1.82, 2.24) is 9.62 Å². The van der Waals surface area contributed by atoms with E-state index in [1.54, 1.807) is 0 Å². The van der Waals surface area contributed by atoms with Crippen LogP contribution in [0.3, 0.4) is 0 Å². The van der Waals surface area contributed by atoms with Gasteiger partial charge in [0.25, 0.3) is 10.0 Å². The van der Waals surface area contributed by atoms with Crippen molar-refractivity contribution in [3.8, 4) is 0 Å². The zero-order valence-electron chi connectivity index (χ0n) is 7.91. The number of halogens is 2. The minimum Gasteiger partial charge on any atom is -0.313 e. The Morgan fingerprint density at radius 2 is 2.21 bits per heavy atom. The summed E-state index contributed by atoms with van der Waals surface area (Å²) in [5.74, 6) is -3.33. The maximum absolute atomic E-state index is 12.1. The van der Waals surface area contributed by atoms with Gasteiger partial charge in [-0.05, 0) is 19.4 Å². The van der Waals surface area contributed by atoms with Crippen molar-refractivity contribution in [3.63, 3.8) is 0 Å². The molecule has 1 N–H and O–H groups in total. The number of likely N-dealkylation sites (N-methyl/N-ethyl adjacent to an activating group) is 1. The van der Waals surface area contributed by atoms with Crippen LogP contribution < -0.4 is 5.32 Å². The third kappa shape index (κ3) is 2.61. The fourth-order valence-electron chi connectivity index (χ4n) is 1.46. The Morgan fingerprint density at radius 1 is 1.57 bits per heavy atom. The van der Waals surface area contributed by atoms with Gasteiger partial charge in [-0.2, -0.15) is 13.1 Å². The van der Waals surface area contributed by atoms with E-state index >= 15 is 0 Å². The molecule has 7 heteroatoms. The SMILES string of the molecule is CN(CC1CCCN1)S(=O)(=O)C(F)F. The van der Waals surface area contributed by atoms with E-state index in [1.807, 2.05) is 0 Å². The van der Waals surface area contributed by atoms with Crippen molar-refractivity contribution >= 4 is 10.0 Å². The van der Waals surface area contributed by atoms with Gasteiger partial charge in [-0.15, -0.1) is 0 Å². The van der Waals surface area contributed by atoms with Gasteiger partial charge in [0.05, 0.1) is 0 Å². The van der Waals surface area contributed by atoms with E-state index in [0.29, 0.717) is 0 Å². The van der Waals surface area contributed by atoms with Crippen molar-refractivity contribution in [2.45, 2.75) is 24.6 Å². The van der Waals surface area contributed by atoms with Crippen LogP contribution in [0.15, 0.2) is 0 Å². The summed E-state index contributed by atoms with van der Waals surface area (Å²) in [6, 6.07) is 0.00789. The molecule has 1 aliphatic heterocycles. The second kappa shape index (κ2) is 4.50. The smallest absolute Gasteiger partial charge is 0.313 e. The molecule has 4 nitrogen and oxygen atoms in total. The Bertz CT molecular complexity index is 275. The van der Waals surface area contributed by atoms with E-state index in [0.717, 1.165) is 23.7 Å². The molecular formula is C7H14F2N2O2S. The summed E-state index contributed by atoms with van der Waals surface area (Å²) in [5, 5.41) is 3.05.